The van der Waals surface area contributed by atoms with E-state index in [1.54, 1.807) is 24.5 Å². The Bertz CT molecular complexity index is 2140. The van der Waals surface area contributed by atoms with Gasteiger partial charge >= 0.3 is 0 Å². The topological polar surface area (TPSA) is 138 Å². The molecule has 1 atom stereocenters. The Morgan fingerprint density at radius 2 is 1.62 bits per heavy atom. The average Bonchev–Trinajstić information content (AvgIpc) is 3.20. The fourth-order valence-corrected chi connectivity index (χ4v) is 10.8. The van der Waals surface area contributed by atoms with Gasteiger partial charge in [0.1, 0.15) is 23.7 Å². The molecule has 3 aromatic rings. The van der Waals surface area contributed by atoms with E-state index in [0.717, 1.165) is 74.2 Å². The number of nitriles is 1. The number of nitrogens with zero attached hydrogens (tertiary/aromatic N) is 5. The summed E-state index contributed by atoms with van der Waals surface area (Å²) in [6, 6.07) is 13.8. The van der Waals surface area contributed by atoms with Crippen LogP contribution >= 0.6 is 0 Å². The molecule has 0 spiro atoms. The SMILES string of the molecule is C=C1CCC(NC(=O)c2cccc(OC3CC(N(CC4CCN(c5ncc(C(=O)CC6C(C)(C)C(Oc7cc(C)c(C#N)c(C)c7)C6(C)C)cn5)CC4)C(C)C)C3)c2)C(=O)C1. The van der Waals surface area contributed by atoms with Crippen LogP contribution in [0.3, 0.4) is 0 Å². The van der Waals surface area contributed by atoms with Gasteiger partial charge in [-0.05, 0) is 107 Å². The number of ketones is 2. The summed E-state index contributed by atoms with van der Waals surface area (Å²) in [5.41, 5.74) is 4.01. The van der Waals surface area contributed by atoms with Gasteiger partial charge in [-0.1, -0.05) is 45.9 Å². The van der Waals surface area contributed by atoms with Gasteiger partial charge < -0.3 is 19.7 Å². The second-order valence-corrected chi connectivity index (χ2v) is 19.7. The second kappa shape index (κ2) is 17.7. The Balaban J connectivity index is 0.858. The van der Waals surface area contributed by atoms with E-state index in [0.29, 0.717) is 65.7 Å². The van der Waals surface area contributed by atoms with Gasteiger partial charge in [0, 0.05) is 86.2 Å². The predicted octanol–water partition coefficient (Wildman–Crippen LogP) is 8.61. The molecule has 3 saturated carbocycles. The second-order valence-electron chi connectivity index (χ2n) is 19.7. The summed E-state index contributed by atoms with van der Waals surface area (Å²) in [7, 11) is 0. The fraction of sp³-hybridized carbons (Fsp3) is 0.560. The third-order valence-corrected chi connectivity index (χ3v) is 14.2. The zero-order valence-corrected chi connectivity index (χ0v) is 37.4. The highest BCUT2D eigenvalue weighted by molar-refractivity contribution is 5.99. The first-order valence-corrected chi connectivity index (χ1v) is 22.3. The highest BCUT2D eigenvalue weighted by atomic mass is 16.5. The lowest BCUT2D eigenvalue weighted by Gasteiger charge is -2.63. The van der Waals surface area contributed by atoms with Crippen molar-refractivity contribution in [1.29, 1.82) is 5.26 Å². The number of aromatic nitrogens is 2. The number of carbonyl (C=O) groups excluding carboxylic acids is 3. The molecule has 1 unspecified atom stereocenters. The van der Waals surface area contributed by atoms with Gasteiger partial charge in [0.15, 0.2) is 11.6 Å². The molecule has 1 amide bonds. The number of aryl methyl sites for hydroxylation is 2. The molecule has 2 heterocycles. The van der Waals surface area contributed by atoms with E-state index < -0.39 is 6.04 Å². The van der Waals surface area contributed by atoms with Crippen molar-refractivity contribution in [2.45, 2.75) is 137 Å². The summed E-state index contributed by atoms with van der Waals surface area (Å²) in [6.07, 6.45) is 9.46. The summed E-state index contributed by atoms with van der Waals surface area (Å²) in [4.78, 5) is 53.3. The number of Topliss-reactive ketones (excluding diaryl/α,β-unsaturated/α-hetero) is 2. The number of benzene rings is 2. The number of rotatable bonds is 14. The van der Waals surface area contributed by atoms with Crippen LogP contribution in [0.4, 0.5) is 5.95 Å². The third-order valence-electron chi connectivity index (χ3n) is 14.2. The highest BCUT2D eigenvalue weighted by Gasteiger charge is 2.63. The number of nitrogens with one attached hydrogen (secondary N) is 1. The number of hydrogen-bond donors (Lipinski definition) is 1. The predicted molar refractivity (Wildman–Crippen MR) is 237 cm³/mol. The molecule has 2 aromatic carbocycles. The number of hydrogen-bond acceptors (Lipinski definition) is 10. The minimum absolute atomic E-state index is 0.0224. The average molecular weight is 829 g/mol. The van der Waals surface area contributed by atoms with Gasteiger partial charge in [0.25, 0.3) is 5.91 Å². The van der Waals surface area contributed by atoms with Crippen molar-refractivity contribution in [2.24, 2.45) is 22.7 Å². The molecule has 1 aliphatic heterocycles. The Kier molecular flexibility index (Phi) is 12.8. The molecular weight excluding hydrogens is 765 g/mol. The van der Waals surface area contributed by atoms with Gasteiger partial charge in [-0.15, -0.1) is 0 Å². The summed E-state index contributed by atoms with van der Waals surface area (Å²) >= 11 is 0. The van der Waals surface area contributed by atoms with Gasteiger partial charge in [-0.3, -0.25) is 19.3 Å². The van der Waals surface area contributed by atoms with Crippen molar-refractivity contribution < 1.29 is 23.9 Å². The lowest BCUT2D eigenvalue weighted by Crippen LogP contribution is -2.66. The number of piperidine rings is 1. The first-order valence-electron chi connectivity index (χ1n) is 22.3. The van der Waals surface area contributed by atoms with Gasteiger partial charge in [0.05, 0.1) is 23.2 Å². The van der Waals surface area contributed by atoms with Crippen LogP contribution in [0.15, 0.2) is 60.9 Å². The van der Waals surface area contributed by atoms with E-state index in [9.17, 15) is 19.6 Å². The lowest BCUT2D eigenvalue weighted by atomic mass is 9.44. The molecule has 1 saturated heterocycles. The maximum atomic E-state index is 13.6. The van der Waals surface area contributed by atoms with E-state index in [4.69, 9.17) is 9.47 Å². The fourth-order valence-electron chi connectivity index (χ4n) is 10.8. The van der Waals surface area contributed by atoms with Crippen LogP contribution in [0.1, 0.15) is 130 Å². The van der Waals surface area contributed by atoms with E-state index >= 15 is 0 Å². The molecule has 7 rings (SSSR count). The quantitative estimate of drug-likeness (QED) is 0.124. The number of carbonyl (C=O) groups is 3. The van der Waals surface area contributed by atoms with Crippen molar-refractivity contribution >= 4 is 23.4 Å². The van der Waals surface area contributed by atoms with E-state index in [-0.39, 0.29) is 46.4 Å². The van der Waals surface area contributed by atoms with Crippen LogP contribution in [0, 0.1) is 47.8 Å². The lowest BCUT2D eigenvalue weighted by molar-refractivity contribution is -0.196. The van der Waals surface area contributed by atoms with E-state index in [2.05, 4.69) is 79.3 Å². The smallest absolute Gasteiger partial charge is 0.251 e. The van der Waals surface area contributed by atoms with Crippen LogP contribution in [-0.4, -0.2) is 82.3 Å². The molecule has 61 heavy (non-hydrogen) atoms. The largest absolute Gasteiger partial charge is 0.490 e. The Morgan fingerprint density at radius 1 is 0.967 bits per heavy atom. The summed E-state index contributed by atoms with van der Waals surface area (Å²) in [5.74, 6) is 2.62. The minimum atomic E-state index is -0.459. The van der Waals surface area contributed by atoms with Crippen molar-refractivity contribution in [1.82, 2.24) is 20.2 Å². The van der Waals surface area contributed by atoms with Crippen LogP contribution in [-0.2, 0) is 4.79 Å². The van der Waals surface area contributed by atoms with Crippen LogP contribution in [0.2, 0.25) is 0 Å². The molecule has 4 aliphatic rings. The molecule has 11 heteroatoms. The monoisotopic (exact) mass is 828 g/mol. The Hall–Kier alpha value is -5.08. The van der Waals surface area contributed by atoms with Crippen LogP contribution < -0.4 is 19.7 Å². The standard InChI is InChI=1S/C50H64N6O5/c1-30(2)56(37-23-40(24-37)60-38-12-10-11-35(22-38)46(59)54-42-14-13-31(3)19-44(42)58)29-34-15-17-55(18-16-34)48-52-27-36(28-53-48)43(57)25-45-49(6,7)47(50(45,8)9)61-39-20-32(4)41(26-51)33(5)21-39/h10-12,20-22,27-28,30,34,37,40,42,45,47H,3,13-19,23-25,29H2,1-2,4-9H3,(H,54,59). The van der Waals surface area contributed by atoms with Crippen molar-refractivity contribution in [3.05, 3.63) is 88.8 Å². The maximum absolute atomic E-state index is 13.6. The first kappa shape index (κ1) is 44.0. The highest BCUT2D eigenvalue weighted by Crippen LogP contribution is 2.61. The zero-order valence-electron chi connectivity index (χ0n) is 37.4. The number of anilines is 1. The molecule has 324 valence electrons. The van der Waals surface area contributed by atoms with Gasteiger partial charge in [-0.2, -0.15) is 5.26 Å². The zero-order chi connectivity index (χ0) is 43.8. The van der Waals surface area contributed by atoms with Crippen molar-refractivity contribution in [2.75, 3.05) is 24.5 Å². The van der Waals surface area contributed by atoms with E-state index in [1.807, 2.05) is 38.1 Å². The van der Waals surface area contributed by atoms with Crippen molar-refractivity contribution in [3.63, 3.8) is 0 Å². The summed E-state index contributed by atoms with van der Waals surface area (Å²) < 4.78 is 12.9. The third kappa shape index (κ3) is 9.40. The molecule has 4 fully saturated rings. The maximum Gasteiger partial charge on any atom is 0.251 e. The number of amides is 1. The number of ether oxygens (including phenoxy) is 2. The minimum Gasteiger partial charge on any atom is -0.490 e. The number of allylic oxidation sites excluding steroid dienone is 1. The summed E-state index contributed by atoms with van der Waals surface area (Å²) in [5, 5.41) is 12.4. The van der Waals surface area contributed by atoms with Gasteiger partial charge in [0.2, 0.25) is 5.95 Å². The molecule has 11 nitrogen and oxygen atoms in total. The molecule has 0 bridgehead atoms. The van der Waals surface area contributed by atoms with Crippen molar-refractivity contribution in [3.8, 4) is 17.6 Å². The molecule has 1 aromatic heterocycles. The Labute approximate surface area is 362 Å². The van der Waals surface area contributed by atoms with Crippen LogP contribution in [0.5, 0.6) is 11.5 Å². The normalized spacial score (nSPS) is 24.7. The summed E-state index contributed by atoms with van der Waals surface area (Å²) in [6.45, 7) is 23.8. The molecule has 1 N–H and O–H groups in total. The van der Waals surface area contributed by atoms with Crippen LogP contribution in [0.25, 0.3) is 0 Å². The Morgan fingerprint density at radius 3 is 2.23 bits per heavy atom. The molecular formula is C50H64N6O5. The van der Waals surface area contributed by atoms with Gasteiger partial charge in [-0.25, -0.2) is 9.97 Å². The first-order chi connectivity index (χ1) is 28.9. The molecule has 3 aliphatic carbocycles. The van der Waals surface area contributed by atoms with E-state index in [1.165, 1.54) is 0 Å². The molecule has 0 radical (unpaired) electrons.